The van der Waals surface area contributed by atoms with E-state index in [1.165, 1.54) is 21.3 Å². The molecule has 0 bridgehead atoms. The minimum absolute atomic E-state index is 0.353. The van der Waals surface area contributed by atoms with Gasteiger partial charge in [0.25, 0.3) is 0 Å². The zero-order valence-electron chi connectivity index (χ0n) is 20.3. The Hall–Kier alpha value is -4.41. The van der Waals surface area contributed by atoms with Crippen LogP contribution in [0.1, 0.15) is 18.5 Å². The van der Waals surface area contributed by atoms with Crippen LogP contribution in [-0.2, 0) is 4.79 Å². The monoisotopic (exact) mass is 481 g/mol. The summed E-state index contributed by atoms with van der Waals surface area (Å²) in [7, 11) is 7.70. The highest BCUT2D eigenvalue weighted by Crippen LogP contribution is 2.42. The van der Waals surface area contributed by atoms with Crippen LogP contribution in [0.2, 0.25) is 0 Å². The molecule has 3 N–H and O–H groups in total. The molecule has 2 heterocycles. The van der Waals surface area contributed by atoms with E-state index in [0.717, 1.165) is 5.56 Å². The molecule has 1 aliphatic heterocycles. The Balaban J connectivity index is 1.89. The molecule has 1 aromatic heterocycles. The summed E-state index contributed by atoms with van der Waals surface area (Å²) >= 11 is 0. The molecule has 0 radical (unpaired) electrons. The Labute approximate surface area is 202 Å². The molecule has 35 heavy (non-hydrogen) atoms. The van der Waals surface area contributed by atoms with Gasteiger partial charge in [0, 0.05) is 11.3 Å². The summed E-state index contributed by atoms with van der Waals surface area (Å²) in [6.07, 6.45) is 0. The molecule has 3 aromatic rings. The molecular formula is C24H27N5O6. The molecule has 11 nitrogen and oxygen atoms in total. The molecule has 1 amide bonds. The Morgan fingerprint density at radius 2 is 1.54 bits per heavy atom. The van der Waals surface area contributed by atoms with Crippen LogP contribution in [-0.4, -0.2) is 56.2 Å². The summed E-state index contributed by atoms with van der Waals surface area (Å²) in [4.78, 5) is 17.2. The lowest BCUT2D eigenvalue weighted by molar-refractivity contribution is -0.115. The van der Waals surface area contributed by atoms with Crippen molar-refractivity contribution in [2.24, 2.45) is 5.73 Å². The fraction of sp³-hybridized carbons (Fsp3) is 0.292. The zero-order valence-corrected chi connectivity index (χ0v) is 20.3. The Bertz CT molecular complexity index is 1290. The third-order valence-corrected chi connectivity index (χ3v) is 5.76. The number of fused-ring (bicyclic) bond motifs is 1. The van der Waals surface area contributed by atoms with Crippen molar-refractivity contribution in [3.8, 4) is 40.1 Å². The van der Waals surface area contributed by atoms with E-state index in [1.807, 2.05) is 6.07 Å². The van der Waals surface area contributed by atoms with E-state index in [1.54, 1.807) is 50.1 Å². The number of ether oxygens (including phenoxy) is 5. The molecule has 0 spiro atoms. The first-order chi connectivity index (χ1) is 16.9. The molecule has 4 rings (SSSR count). The van der Waals surface area contributed by atoms with Gasteiger partial charge in [-0.2, -0.15) is 4.98 Å². The summed E-state index contributed by atoms with van der Waals surface area (Å²) in [5.41, 5.74) is 8.08. The lowest BCUT2D eigenvalue weighted by atomic mass is 9.95. The average molecular weight is 482 g/mol. The lowest BCUT2D eigenvalue weighted by Gasteiger charge is -2.28. The van der Waals surface area contributed by atoms with Gasteiger partial charge in [0.1, 0.15) is 6.04 Å². The molecule has 0 fully saturated rings. The fourth-order valence-corrected chi connectivity index (χ4v) is 4.13. The number of amides is 1. The molecular weight excluding hydrogens is 454 g/mol. The standard InChI is InChI=1S/C24H27N5O6/c1-12-19(22(25)30)20(13-7-8-15(31-2)16(9-13)32-3)29-24(26-12)27-23(28-29)14-10-17(33-4)21(35-6)18(11-14)34-5/h7-11,20H,1-6H3,(H2,25,30)(H,26,27,28). The summed E-state index contributed by atoms with van der Waals surface area (Å²) < 4.78 is 28.8. The quantitative estimate of drug-likeness (QED) is 0.498. The van der Waals surface area contributed by atoms with Crippen LogP contribution in [0.15, 0.2) is 41.6 Å². The molecule has 11 heteroatoms. The number of benzene rings is 2. The van der Waals surface area contributed by atoms with Crippen molar-refractivity contribution in [2.75, 3.05) is 40.9 Å². The topological polar surface area (TPSA) is 132 Å². The van der Waals surface area contributed by atoms with Gasteiger partial charge in [0.15, 0.2) is 28.8 Å². The van der Waals surface area contributed by atoms with Gasteiger partial charge in [-0.3, -0.25) is 4.79 Å². The van der Waals surface area contributed by atoms with Gasteiger partial charge < -0.3 is 34.7 Å². The predicted molar refractivity (Wildman–Crippen MR) is 128 cm³/mol. The lowest BCUT2D eigenvalue weighted by Crippen LogP contribution is -2.31. The number of allylic oxidation sites excluding steroid dienone is 1. The molecule has 0 aliphatic carbocycles. The summed E-state index contributed by atoms with van der Waals surface area (Å²) in [5.74, 6) is 2.70. The van der Waals surface area contributed by atoms with Crippen LogP contribution in [0.5, 0.6) is 28.7 Å². The Morgan fingerprint density at radius 1 is 0.914 bits per heavy atom. The second-order valence-corrected chi connectivity index (χ2v) is 7.66. The number of methoxy groups -OCH3 is 5. The van der Waals surface area contributed by atoms with Crippen LogP contribution in [0, 0.1) is 0 Å². The van der Waals surface area contributed by atoms with Crippen LogP contribution in [0.25, 0.3) is 11.4 Å². The molecule has 2 aromatic carbocycles. The number of carbonyl (C=O) groups excluding carboxylic acids is 1. The fourth-order valence-electron chi connectivity index (χ4n) is 4.13. The highest BCUT2D eigenvalue weighted by atomic mass is 16.5. The number of carbonyl (C=O) groups is 1. The highest BCUT2D eigenvalue weighted by Gasteiger charge is 2.34. The Morgan fingerprint density at radius 3 is 2.09 bits per heavy atom. The summed E-state index contributed by atoms with van der Waals surface area (Å²) in [5, 5.41) is 7.86. The second-order valence-electron chi connectivity index (χ2n) is 7.66. The zero-order chi connectivity index (χ0) is 25.3. The minimum Gasteiger partial charge on any atom is -0.493 e. The molecule has 0 saturated heterocycles. The third-order valence-electron chi connectivity index (χ3n) is 5.76. The largest absolute Gasteiger partial charge is 0.493 e. The number of anilines is 1. The predicted octanol–water partition coefficient (Wildman–Crippen LogP) is 2.76. The van der Waals surface area contributed by atoms with Crippen LogP contribution in [0.3, 0.4) is 0 Å². The SMILES string of the molecule is COc1ccc(C2C(C(N)=O)=C(C)Nc3nc(-c4cc(OC)c(OC)c(OC)c4)nn32)cc1OC. The number of aromatic nitrogens is 3. The summed E-state index contributed by atoms with van der Waals surface area (Å²) in [6.45, 7) is 1.77. The number of nitrogens with one attached hydrogen (secondary N) is 1. The van der Waals surface area contributed by atoms with E-state index in [2.05, 4.69) is 10.3 Å². The maximum Gasteiger partial charge on any atom is 0.248 e. The maximum atomic E-state index is 12.5. The second kappa shape index (κ2) is 9.45. The van der Waals surface area contributed by atoms with Gasteiger partial charge >= 0.3 is 0 Å². The number of hydrogen-bond donors (Lipinski definition) is 2. The first-order valence-corrected chi connectivity index (χ1v) is 10.6. The van der Waals surface area contributed by atoms with E-state index in [-0.39, 0.29) is 0 Å². The van der Waals surface area contributed by atoms with Crippen molar-refractivity contribution in [2.45, 2.75) is 13.0 Å². The van der Waals surface area contributed by atoms with E-state index in [9.17, 15) is 4.79 Å². The Kier molecular flexibility index (Phi) is 6.41. The molecule has 1 atom stereocenters. The number of nitrogens with zero attached hydrogens (tertiary/aromatic N) is 3. The number of hydrogen-bond acceptors (Lipinski definition) is 9. The number of nitrogens with two attached hydrogens (primary N) is 1. The van der Waals surface area contributed by atoms with Gasteiger partial charge in [0.05, 0.1) is 41.1 Å². The van der Waals surface area contributed by atoms with Crippen molar-refractivity contribution in [1.82, 2.24) is 14.8 Å². The maximum absolute atomic E-state index is 12.5. The average Bonchev–Trinajstić information content (AvgIpc) is 3.29. The molecule has 1 aliphatic rings. The van der Waals surface area contributed by atoms with Gasteiger partial charge in [-0.05, 0) is 36.8 Å². The van der Waals surface area contributed by atoms with Crippen LogP contribution in [0.4, 0.5) is 5.95 Å². The van der Waals surface area contributed by atoms with Crippen LogP contribution < -0.4 is 34.7 Å². The van der Waals surface area contributed by atoms with E-state index in [4.69, 9.17) is 34.5 Å². The van der Waals surface area contributed by atoms with Gasteiger partial charge in [-0.25, -0.2) is 4.68 Å². The normalized spacial score (nSPS) is 14.6. The van der Waals surface area contributed by atoms with Gasteiger partial charge in [0.2, 0.25) is 17.6 Å². The van der Waals surface area contributed by atoms with Crippen molar-refractivity contribution < 1.29 is 28.5 Å². The van der Waals surface area contributed by atoms with E-state index in [0.29, 0.717) is 57.4 Å². The number of primary amides is 1. The van der Waals surface area contributed by atoms with Gasteiger partial charge in [-0.15, -0.1) is 5.10 Å². The van der Waals surface area contributed by atoms with Crippen molar-refractivity contribution in [3.63, 3.8) is 0 Å². The molecule has 184 valence electrons. The van der Waals surface area contributed by atoms with E-state index < -0.39 is 11.9 Å². The highest BCUT2D eigenvalue weighted by molar-refractivity contribution is 5.95. The first kappa shape index (κ1) is 23.7. The van der Waals surface area contributed by atoms with Crippen molar-refractivity contribution in [1.29, 1.82) is 0 Å². The summed E-state index contributed by atoms with van der Waals surface area (Å²) in [6, 6.07) is 8.24. The third kappa shape index (κ3) is 4.05. The van der Waals surface area contributed by atoms with E-state index >= 15 is 0 Å². The smallest absolute Gasteiger partial charge is 0.248 e. The number of rotatable bonds is 8. The van der Waals surface area contributed by atoms with Crippen LogP contribution >= 0.6 is 0 Å². The van der Waals surface area contributed by atoms with Crippen molar-refractivity contribution in [3.05, 3.63) is 47.2 Å². The molecule has 1 unspecified atom stereocenters. The van der Waals surface area contributed by atoms with Gasteiger partial charge in [-0.1, -0.05) is 6.07 Å². The molecule has 0 saturated carbocycles. The first-order valence-electron chi connectivity index (χ1n) is 10.6. The van der Waals surface area contributed by atoms with Crippen molar-refractivity contribution >= 4 is 11.9 Å². The minimum atomic E-state index is -0.646.